The van der Waals surface area contributed by atoms with Gasteiger partial charge < -0.3 is 30.9 Å². The molecule has 66 heavy (non-hydrogen) atoms. The van der Waals surface area contributed by atoms with E-state index in [1.165, 1.54) is 12.0 Å². The number of fused-ring (bicyclic) bond motifs is 7. The normalized spacial score (nSPS) is 39.1. The lowest BCUT2D eigenvalue weighted by molar-refractivity contribution is -0.249. The van der Waals surface area contributed by atoms with Crippen molar-refractivity contribution < 1.29 is 34.1 Å². The second kappa shape index (κ2) is 18.3. The van der Waals surface area contributed by atoms with Crippen LogP contribution in [0, 0.1) is 73.4 Å². The molecule has 1 saturated heterocycles. The van der Waals surface area contributed by atoms with Gasteiger partial charge in [-0.1, -0.05) is 91.0 Å². The SMILES string of the molecule is C=C(C)[C@@H]1CC[C@]2(C(=O)N[C@@H]3C[C@H](C(=O)N4CCCCC4)C3(C)C)CC[C@]3(C)C(CCC4[C@@]5(C)CC[C@H](OC(=O)CC(C)(C)C(=O)O)C(C)(C)C5CC[C@]43C)C12.NC(CO)c1ccccc1. The molecule has 0 bridgehead atoms. The summed E-state index contributed by atoms with van der Waals surface area (Å²) in [5, 5.41) is 21.9. The quantitative estimate of drug-likeness (QED) is 0.133. The predicted molar refractivity (Wildman–Crippen MR) is 260 cm³/mol. The van der Waals surface area contributed by atoms with Crippen molar-refractivity contribution in [1.29, 1.82) is 0 Å². The number of nitrogens with two attached hydrogens (primary N) is 1. The molecule has 0 radical (unpaired) electrons. The topological polar surface area (TPSA) is 159 Å². The molecule has 7 aliphatic rings. The molecule has 2 amide bonds. The molecule has 368 valence electrons. The highest BCUT2D eigenvalue weighted by atomic mass is 16.5. The van der Waals surface area contributed by atoms with Crippen LogP contribution in [-0.2, 0) is 23.9 Å². The molecule has 7 fully saturated rings. The van der Waals surface area contributed by atoms with Crippen molar-refractivity contribution in [2.75, 3.05) is 19.7 Å². The Balaban J connectivity index is 0.000000574. The number of nitrogens with zero attached hydrogens (tertiary/aromatic N) is 1. The van der Waals surface area contributed by atoms with Crippen LogP contribution in [0.5, 0.6) is 0 Å². The Kier molecular flexibility index (Phi) is 14.0. The van der Waals surface area contributed by atoms with Gasteiger partial charge in [0.15, 0.2) is 0 Å². The number of nitrogens with one attached hydrogen (secondary N) is 1. The summed E-state index contributed by atoms with van der Waals surface area (Å²) in [4.78, 5) is 55.6. The first-order valence-electron chi connectivity index (χ1n) is 25.9. The lowest BCUT2D eigenvalue weighted by Crippen LogP contribution is -2.68. The number of amides is 2. The molecule has 1 heterocycles. The van der Waals surface area contributed by atoms with Gasteiger partial charge in [0.1, 0.15) is 6.10 Å². The average molecular weight is 914 g/mol. The third-order valence-electron chi connectivity index (χ3n) is 20.9. The summed E-state index contributed by atoms with van der Waals surface area (Å²) in [6.07, 6.45) is 14.0. The Labute approximate surface area is 397 Å². The first kappa shape index (κ1) is 50.6. The Bertz CT molecular complexity index is 1990. The maximum atomic E-state index is 15.0. The van der Waals surface area contributed by atoms with Crippen molar-refractivity contribution in [2.24, 2.45) is 79.1 Å². The summed E-state index contributed by atoms with van der Waals surface area (Å²) in [5.74, 6) is 1.12. The zero-order valence-electron chi connectivity index (χ0n) is 42.5. The van der Waals surface area contributed by atoms with Gasteiger partial charge in [0.2, 0.25) is 11.8 Å². The standard InChI is InChI=1S/C48H76N2O6.C8H11NO/c1-29(2)30-17-22-48(40(53)49-35-27-32(43(35,5)6)39(52)50-25-13-12-14-26-50)24-23-46(10)31(38(30)48)15-16-34-45(9)20-19-36(56-37(51)28-42(3,4)41(54)55)44(7,8)33(45)18-21-47(34,46)11;9-8(6-10)7-4-2-1-3-5-7/h30-36,38H,1,12-28H2,2-11H3,(H,49,53)(H,54,55);1-5,8,10H,6,9H2/t30-,31?,32+,33?,34?,35+,36-,38?,45-,46+,47+,48-;/m0./s1. The number of ether oxygens (including phenoxy) is 1. The van der Waals surface area contributed by atoms with Crippen LogP contribution < -0.4 is 11.1 Å². The van der Waals surface area contributed by atoms with E-state index in [-0.39, 0.29) is 76.0 Å². The van der Waals surface area contributed by atoms with Gasteiger partial charge in [-0.15, -0.1) is 0 Å². The number of allylic oxidation sites excluding steroid dienone is 1. The third-order valence-corrected chi connectivity index (χ3v) is 20.9. The van der Waals surface area contributed by atoms with Crippen LogP contribution >= 0.6 is 0 Å². The number of carbonyl (C=O) groups excluding carboxylic acids is 3. The number of likely N-dealkylation sites (tertiary alicyclic amines) is 1. The maximum Gasteiger partial charge on any atom is 0.309 e. The summed E-state index contributed by atoms with van der Waals surface area (Å²) in [6, 6.07) is 9.33. The first-order valence-corrected chi connectivity index (χ1v) is 25.9. The molecule has 6 aliphatic carbocycles. The fraction of sp³-hybridized carbons (Fsp3) is 0.786. The molecular weight excluding hydrogens is 827 g/mol. The number of aliphatic hydroxyl groups is 1. The minimum absolute atomic E-state index is 0.00398. The molecule has 6 saturated carbocycles. The highest BCUT2D eigenvalue weighted by Crippen LogP contribution is 2.77. The van der Waals surface area contributed by atoms with Crippen LogP contribution in [0.15, 0.2) is 42.5 Å². The van der Waals surface area contributed by atoms with Gasteiger partial charge in [0, 0.05) is 30.5 Å². The summed E-state index contributed by atoms with van der Waals surface area (Å²) >= 11 is 0. The zero-order chi connectivity index (χ0) is 48.4. The Hall–Kier alpha value is -3.24. The molecule has 10 heteroatoms. The van der Waals surface area contributed by atoms with Gasteiger partial charge in [-0.2, -0.15) is 0 Å². The Morgan fingerprint density at radius 3 is 2.12 bits per heavy atom. The number of carboxylic acid groups (broad SMARTS) is 1. The van der Waals surface area contributed by atoms with Crippen LogP contribution in [0.3, 0.4) is 0 Å². The molecule has 10 nitrogen and oxygen atoms in total. The highest BCUT2D eigenvalue weighted by molar-refractivity contribution is 5.86. The van der Waals surface area contributed by atoms with E-state index in [1.54, 1.807) is 13.8 Å². The van der Waals surface area contributed by atoms with E-state index >= 15 is 4.79 Å². The lowest BCUT2D eigenvalue weighted by atomic mass is 9.32. The van der Waals surface area contributed by atoms with Crippen molar-refractivity contribution in [3.63, 3.8) is 0 Å². The van der Waals surface area contributed by atoms with Crippen LogP contribution in [-0.4, -0.2) is 70.7 Å². The number of carbonyl (C=O) groups is 4. The average Bonchev–Trinajstić information content (AvgIpc) is 3.68. The first-order chi connectivity index (χ1) is 30.8. The highest BCUT2D eigenvalue weighted by Gasteiger charge is 2.72. The molecule has 1 aromatic carbocycles. The van der Waals surface area contributed by atoms with Gasteiger partial charge in [0.05, 0.1) is 29.9 Å². The summed E-state index contributed by atoms with van der Waals surface area (Å²) < 4.78 is 6.20. The molecule has 5 unspecified atom stereocenters. The number of piperidine rings is 1. The molecule has 8 rings (SSSR count). The van der Waals surface area contributed by atoms with Crippen molar-refractivity contribution in [2.45, 2.75) is 184 Å². The lowest BCUT2D eigenvalue weighted by Gasteiger charge is -2.73. The fourth-order valence-electron chi connectivity index (χ4n) is 16.4. The van der Waals surface area contributed by atoms with Crippen LogP contribution in [0.1, 0.15) is 177 Å². The van der Waals surface area contributed by atoms with Gasteiger partial charge in [-0.25, -0.2) is 0 Å². The number of rotatable bonds is 10. The molecule has 5 N–H and O–H groups in total. The molecule has 0 aromatic heterocycles. The van der Waals surface area contributed by atoms with Gasteiger partial charge in [-0.3, -0.25) is 19.2 Å². The third kappa shape index (κ3) is 8.40. The van der Waals surface area contributed by atoms with Crippen molar-refractivity contribution in [3.8, 4) is 0 Å². The van der Waals surface area contributed by atoms with E-state index in [0.717, 1.165) is 102 Å². The number of hydrogen-bond donors (Lipinski definition) is 4. The maximum absolute atomic E-state index is 15.0. The van der Waals surface area contributed by atoms with Crippen molar-refractivity contribution in [3.05, 3.63) is 48.0 Å². The summed E-state index contributed by atoms with van der Waals surface area (Å²) in [5.41, 5.74) is 6.03. The summed E-state index contributed by atoms with van der Waals surface area (Å²) in [6.45, 7) is 28.5. The molecule has 0 spiro atoms. The number of aliphatic carboxylic acids is 1. The van der Waals surface area contributed by atoms with E-state index < -0.39 is 22.8 Å². The van der Waals surface area contributed by atoms with Gasteiger partial charge in [-0.05, 0) is 167 Å². The van der Waals surface area contributed by atoms with Gasteiger partial charge in [0.25, 0.3) is 0 Å². The largest absolute Gasteiger partial charge is 0.481 e. The number of hydrogen-bond acceptors (Lipinski definition) is 7. The smallest absolute Gasteiger partial charge is 0.309 e. The van der Waals surface area contributed by atoms with Crippen LogP contribution in [0.4, 0.5) is 0 Å². The van der Waals surface area contributed by atoms with E-state index in [2.05, 4.69) is 72.2 Å². The number of aliphatic hydroxyl groups excluding tert-OH is 1. The van der Waals surface area contributed by atoms with Crippen LogP contribution in [0.2, 0.25) is 0 Å². The second-order valence-corrected chi connectivity index (χ2v) is 25.3. The minimum atomic E-state index is -1.16. The van der Waals surface area contributed by atoms with Crippen molar-refractivity contribution in [1.82, 2.24) is 10.2 Å². The van der Waals surface area contributed by atoms with Crippen LogP contribution in [0.25, 0.3) is 0 Å². The van der Waals surface area contributed by atoms with E-state index in [0.29, 0.717) is 29.6 Å². The fourth-order valence-corrected chi connectivity index (χ4v) is 16.4. The Morgan fingerprint density at radius 2 is 1.52 bits per heavy atom. The Morgan fingerprint density at radius 1 is 0.848 bits per heavy atom. The molecule has 13 atom stereocenters. The molecular formula is C56H87N3O7. The molecule has 1 aliphatic heterocycles. The monoisotopic (exact) mass is 914 g/mol. The predicted octanol–water partition coefficient (Wildman–Crippen LogP) is 10.3. The number of esters is 1. The zero-order valence-corrected chi connectivity index (χ0v) is 42.5. The molecule has 1 aromatic rings. The summed E-state index contributed by atoms with van der Waals surface area (Å²) in [7, 11) is 0. The van der Waals surface area contributed by atoms with Crippen molar-refractivity contribution >= 4 is 23.8 Å². The number of benzene rings is 1. The number of carboxylic acids is 1. The van der Waals surface area contributed by atoms with E-state index in [1.807, 2.05) is 30.3 Å². The minimum Gasteiger partial charge on any atom is -0.481 e. The second-order valence-electron chi connectivity index (χ2n) is 25.3. The van der Waals surface area contributed by atoms with Gasteiger partial charge >= 0.3 is 11.9 Å². The van der Waals surface area contributed by atoms with E-state index in [4.69, 9.17) is 15.6 Å². The van der Waals surface area contributed by atoms with E-state index in [9.17, 15) is 19.5 Å².